The van der Waals surface area contributed by atoms with Gasteiger partial charge in [-0.1, -0.05) is 23.7 Å². The number of benzene rings is 1. The zero-order valence-electron chi connectivity index (χ0n) is 5.61. The van der Waals surface area contributed by atoms with E-state index in [0.29, 0.717) is 11.1 Å². The van der Waals surface area contributed by atoms with E-state index < -0.39 is 0 Å². The number of rotatable bonds is 0. The molecule has 0 spiro atoms. The summed E-state index contributed by atoms with van der Waals surface area (Å²) in [4.78, 5) is 0. The zero-order chi connectivity index (χ0) is 6.85. The summed E-state index contributed by atoms with van der Waals surface area (Å²) in [5.74, 6) is 0. The van der Waals surface area contributed by atoms with Gasteiger partial charge in [-0.05, 0) is 24.6 Å². The van der Waals surface area contributed by atoms with Gasteiger partial charge in [-0.2, -0.15) is 0 Å². The molecule has 1 rings (SSSR count). The van der Waals surface area contributed by atoms with Crippen LogP contribution in [0.4, 0.5) is 0 Å². The third-order valence-electron chi connectivity index (χ3n) is 0.898. The molecular weight excluding hydrogens is 120 g/mol. The van der Waals surface area contributed by atoms with Crippen LogP contribution in [0.1, 0.15) is 6.93 Å². The highest BCUT2D eigenvalue weighted by Crippen LogP contribution is 2.08. The van der Waals surface area contributed by atoms with Gasteiger partial charge in [-0.15, -0.1) is 0 Å². The molecule has 0 bridgehead atoms. The molecule has 0 unspecified atom stereocenters. The second kappa shape index (κ2) is 2.19. The standard InChI is InChI=1S/C7H7Cl/c1-6-3-2-4-7(8)5-6/h2-5H,1H3/i2D. The van der Waals surface area contributed by atoms with Crippen LogP contribution in [0.2, 0.25) is 5.02 Å². The van der Waals surface area contributed by atoms with Crippen LogP contribution in [-0.2, 0) is 0 Å². The molecule has 1 aromatic carbocycles. The van der Waals surface area contributed by atoms with E-state index in [4.69, 9.17) is 13.0 Å². The van der Waals surface area contributed by atoms with Gasteiger partial charge in [0.25, 0.3) is 0 Å². The molecule has 0 atom stereocenters. The molecule has 0 aliphatic heterocycles. The molecule has 8 heavy (non-hydrogen) atoms. The second-order valence-corrected chi connectivity index (χ2v) is 2.17. The van der Waals surface area contributed by atoms with Crippen LogP contribution in [0.15, 0.2) is 24.2 Å². The van der Waals surface area contributed by atoms with Crippen molar-refractivity contribution >= 4 is 11.6 Å². The maximum absolute atomic E-state index is 7.19. The quantitative estimate of drug-likeness (QED) is 0.503. The summed E-state index contributed by atoms with van der Waals surface area (Å²) in [6.07, 6.45) is 0. The van der Waals surface area contributed by atoms with Crippen LogP contribution in [0.3, 0.4) is 0 Å². The molecule has 0 N–H and O–H groups in total. The molecule has 1 aromatic rings. The van der Waals surface area contributed by atoms with Crippen molar-refractivity contribution in [1.29, 1.82) is 0 Å². The lowest BCUT2D eigenvalue weighted by Gasteiger charge is -1.88. The molecule has 0 aromatic heterocycles. The largest absolute Gasteiger partial charge is 0.0843 e. The maximum Gasteiger partial charge on any atom is 0.0623 e. The Kier molecular flexibility index (Phi) is 1.20. The summed E-state index contributed by atoms with van der Waals surface area (Å²) in [6.45, 7) is 1.92. The Balaban J connectivity index is 3.17. The molecular formula is C7H7Cl. The van der Waals surface area contributed by atoms with Gasteiger partial charge in [0.05, 0.1) is 1.37 Å². The van der Waals surface area contributed by atoms with Gasteiger partial charge in [0.1, 0.15) is 0 Å². The van der Waals surface area contributed by atoms with Gasteiger partial charge in [0.15, 0.2) is 0 Å². The minimum Gasteiger partial charge on any atom is -0.0843 e. The average Bonchev–Trinajstić information content (AvgIpc) is 1.59. The van der Waals surface area contributed by atoms with Gasteiger partial charge >= 0.3 is 0 Å². The van der Waals surface area contributed by atoms with Crippen molar-refractivity contribution in [3.8, 4) is 0 Å². The Bertz CT molecular complexity index is 170. The highest BCUT2D eigenvalue weighted by molar-refractivity contribution is 6.30. The van der Waals surface area contributed by atoms with Gasteiger partial charge in [0.2, 0.25) is 0 Å². The lowest BCUT2D eigenvalue weighted by atomic mass is 10.2. The highest BCUT2D eigenvalue weighted by atomic mass is 35.5. The molecule has 0 aliphatic carbocycles. The minimum atomic E-state index is 0.472. The van der Waals surface area contributed by atoms with Crippen molar-refractivity contribution in [3.05, 3.63) is 34.8 Å². The highest BCUT2D eigenvalue weighted by Gasteiger charge is 1.82. The van der Waals surface area contributed by atoms with Gasteiger partial charge < -0.3 is 0 Å². The maximum atomic E-state index is 7.19. The summed E-state index contributed by atoms with van der Waals surface area (Å²) in [5, 5.41) is 0.639. The fraction of sp³-hybridized carbons (Fsp3) is 0.143. The Hall–Kier alpha value is -0.490. The van der Waals surface area contributed by atoms with E-state index in [1.807, 2.05) is 13.0 Å². The van der Waals surface area contributed by atoms with Crippen molar-refractivity contribution in [2.75, 3.05) is 0 Å². The van der Waals surface area contributed by atoms with Crippen LogP contribution < -0.4 is 0 Å². The first-order chi connectivity index (χ1) is 4.18. The normalized spacial score (nSPS) is 11.0. The van der Waals surface area contributed by atoms with Crippen molar-refractivity contribution < 1.29 is 1.37 Å². The van der Waals surface area contributed by atoms with E-state index in [0.717, 1.165) is 5.56 Å². The van der Waals surface area contributed by atoms with Gasteiger partial charge in [-0.3, -0.25) is 0 Å². The number of aryl methyl sites for hydroxylation is 1. The second-order valence-electron chi connectivity index (χ2n) is 1.73. The lowest BCUT2D eigenvalue weighted by Crippen LogP contribution is -1.66. The Morgan fingerprint density at radius 2 is 2.38 bits per heavy atom. The van der Waals surface area contributed by atoms with E-state index in [1.54, 1.807) is 12.1 Å². The lowest BCUT2D eigenvalue weighted by molar-refractivity contribution is 1.47. The van der Waals surface area contributed by atoms with E-state index in [9.17, 15) is 0 Å². The Morgan fingerprint density at radius 1 is 1.62 bits per heavy atom. The van der Waals surface area contributed by atoms with E-state index in [1.165, 1.54) is 0 Å². The molecule has 0 fully saturated rings. The predicted octanol–water partition coefficient (Wildman–Crippen LogP) is 2.65. The van der Waals surface area contributed by atoms with Crippen LogP contribution in [0.25, 0.3) is 0 Å². The molecule has 0 nitrogen and oxygen atoms in total. The van der Waals surface area contributed by atoms with Crippen molar-refractivity contribution in [2.24, 2.45) is 0 Å². The Morgan fingerprint density at radius 3 is 2.88 bits per heavy atom. The molecule has 0 amide bonds. The monoisotopic (exact) mass is 127 g/mol. The van der Waals surface area contributed by atoms with E-state index in [-0.39, 0.29) is 0 Å². The predicted molar refractivity (Wildman–Crippen MR) is 36.2 cm³/mol. The fourth-order valence-electron chi connectivity index (χ4n) is 0.554. The minimum absolute atomic E-state index is 0.472. The van der Waals surface area contributed by atoms with Crippen LogP contribution >= 0.6 is 11.6 Å². The van der Waals surface area contributed by atoms with E-state index >= 15 is 0 Å². The zero-order valence-corrected chi connectivity index (χ0v) is 5.37. The van der Waals surface area contributed by atoms with Gasteiger partial charge in [0, 0.05) is 5.02 Å². The van der Waals surface area contributed by atoms with Crippen LogP contribution in [0.5, 0.6) is 0 Å². The van der Waals surface area contributed by atoms with Crippen LogP contribution in [-0.4, -0.2) is 0 Å². The summed E-state index contributed by atoms with van der Waals surface area (Å²) < 4.78 is 7.19. The molecule has 1 heteroatoms. The topological polar surface area (TPSA) is 0 Å². The summed E-state index contributed by atoms with van der Waals surface area (Å²) in [6, 6.07) is 5.69. The van der Waals surface area contributed by atoms with Crippen LogP contribution in [0, 0.1) is 6.92 Å². The molecule has 0 saturated heterocycles. The SMILES string of the molecule is [2H]c1cc(C)cc(Cl)c1. The Labute approximate surface area is 55.5 Å². The fourth-order valence-corrected chi connectivity index (χ4v) is 0.789. The third-order valence-corrected chi connectivity index (χ3v) is 1.12. The summed E-state index contributed by atoms with van der Waals surface area (Å²) >= 11 is 5.63. The van der Waals surface area contributed by atoms with Crippen molar-refractivity contribution in [1.82, 2.24) is 0 Å². The first-order valence-corrected chi connectivity index (χ1v) is 2.80. The molecule has 0 aliphatic rings. The molecule has 42 valence electrons. The van der Waals surface area contributed by atoms with Gasteiger partial charge in [-0.25, -0.2) is 0 Å². The summed E-state index contributed by atoms with van der Waals surface area (Å²) in [7, 11) is 0. The van der Waals surface area contributed by atoms with Crippen molar-refractivity contribution in [2.45, 2.75) is 6.92 Å². The third kappa shape index (κ3) is 1.24. The first-order valence-electron chi connectivity index (χ1n) is 2.92. The van der Waals surface area contributed by atoms with E-state index in [2.05, 4.69) is 0 Å². The number of halogens is 1. The molecule has 0 saturated carbocycles. The average molecular weight is 128 g/mol. The van der Waals surface area contributed by atoms with Crippen molar-refractivity contribution in [3.63, 3.8) is 0 Å². The number of hydrogen-bond donors (Lipinski definition) is 0. The molecule has 0 radical (unpaired) electrons. The first kappa shape index (κ1) is 4.39. The smallest absolute Gasteiger partial charge is 0.0623 e. The number of hydrogen-bond acceptors (Lipinski definition) is 0. The molecule has 0 heterocycles. The summed E-state index contributed by atoms with van der Waals surface area (Å²) in [5.41, 5.74) is 1.03.